The molecule has 6 heteroatoms. The lowest BCUT2D eigenvalue weighted by Crippen LogP contribution is -2.24. The molecule has 1 aliphatic rings. The average molecular weight is 654 g/mol. The van der Waals surface area contributed by atoms with Crippen LogP contribution in [0, 0.1) is 20.8 Å². The zero-order valence-corrected chi connectivity index (χ0v) is 29.1. The van der Waals surface area contributed by atoms with Gasteiger partial charge in [0.1, 0.15) is 18.8 Å². The summed E-state index contributed by atoms with van der Waals surface area (Å²) < 4.78 is 17.0. The summed E-state index contributed by atoms with van der Waals surface area (Å²) in [7, 11) is 0. The Morgan fingerprint density at radius 3 is 1.94 bits per heavy atom. The Kier molecular flexibility index (Phi) is 9.59. The number of nitrogens with one attached hydrogen (secondary N) is 1. The van der Waals surface area contributed by atoms with E-state index >= 15 is 0 Å². The normalized spacial score (nSPS) is 13.0. The van der Waals surface area contributed by atoms with E-state index < -0.39 is 11.5 Å². The Morgan fingerprint density at radius 1 is 0.714 bits per heavy atom. The van der Waals surface area contributed by atoms with Crippen LogP contribution in [0.2, 0.25) is 0 Å². The van der Waals surface area contributed by atoms with E-state index in [9.17, 15) is 9.59 Å². The summed E-state index contributed by atoms with van der Waals surface area (Å²) in [6, 6.07) is 33.8. The van der Waals surface area contributed by atoms with Crippen molar-refractivity contribution in [1.29, 1.82) is 0 Å². The van der Waals surface area contributed by atoms with E-state index in [1.807, 2.05) is 87.5 Å². The van der Waals surface area contributed by atoms with Crippen molar-refractivity contribution in [1.82, 2.24) is 0 Å². The predicted molar refractivity (Wildman–Crippen MR) is 196 cm³/mol. The number of esters is 1. The molecule has 0 aromatic heterocycles. The van der Waals surface area contributed by atoms with E-state index in [1.54, 1.807) is 12.1 Å². The van der Waals surface area contributed by atoms with Crippen molar-refractivity contribution < 1.29 is 23.8 Å². The Hall–Kier alpha value is -5.36. The molecule has 1 N–H and O–H groups in total. The largest absolute Gasteiger partial charge is 0.486 e. The molecule has 0 fully saturated rings. The smallest absolute Gasteiger partial charge is 0.338 e. The Morgan fingerprint density at radius 2 is 1.31 bits per heavy atom. The maximum atomic E-state index is 14.0. The lowest BCUT2D eigenvalue weighted by atomic mass is 9.89. The van der Waals surface area contributed by atoms with Crippen LogP contribution in [0.25, 0.3) is 22.3 Å². The highest BCUT2D eigenvalue weighted by Gasteiger charge is 2.23. The second kappa shape index (κ2) is 14.0. The van der Waals surface area contributed by atoms with Crippen molar-refractivity contribution in [2.75, 3.05) is 18.5 Å². The van der Waals surface area contributed by atoms with E-state index in [-0.39, 0.29) is 11.9 Å². The van der Waals surface area contributed by atoms with Crippen LogP contribution in [0.5, 0.6) is 11.5 Å². The van der Waals surface area contributed by atoms with Gasteiger partial charge in [-0.1, -0.05) is 72.3 Å². The van der Waals surface area contributed by atoms with Crippen molar-refractivity contribution in [2.24, 2.45) is 0 Å². The minimum Gasteiger partial charge on any atom is -0.486 e. The molecule has 1 aliphatic heterocycles. The van der Waals surface area contributed by atoms with Gasteiger partial charge in [-0.05, 0) is 129 Å². The number of carbonyl (C=O) groups is 2. The minimum atomic E-state index is -0.582. The summed E-state index contributed by atoms with van der Waals surface area (Å²) in [5.74, 6) is 0.515. The first-order chi connectivity index (χ1) is 23.4. The molecule has 0 bridgehead atoms. The molecule has 0 aliphatic carbocycles. The van der Waals surface area contributed by atoms with E-state index in [0.29, 0.717) is 25.2 Å². The zero-order chi connectivity index (χ0) is 34.7. The summed E-state index contributed by atoms with van der Waals surface area (Å²) in [6.45, 7) is 13.0. The maximum absolute atomic E-state index is 14.0. The fourth-order valence-corrected chi connectivity index (χ4v) is 6.43. The van der Waals surface area contributed by atoms with E-state index in [4.69, 9.17) is 14.2 Å². The summed E-state index contributed by atoms with van der Waals surface area (Å²) >= 11 is 0. The first-order valence-corrected chi connectivity index (χ1v) is 16.7. The molecule has 0 radical (unpaired) electrons. The van der Waals surface area contributed by atoms with Crippen LogP contribution >= 0.6 is 0 Å². The summed E-state index contributed by atoms with van der Waals surface area (Å²) in [5.41, 5.74) is 10.5. The van der Waals surface area contributed by atoms with Gasteiger partial charge in [0.25, 0.3) is 0 Å². The lowest BCUT2D eigenvalue weighted by molar-refractivity contribution is -0.117. The number of fused-ring (bicyclic) bond motifs is 1. The van der Waals surface area contributed by atoms with Crippen molar-refractivity contribution >= 4 is 17.6 Å². The van der Waals surface area contributed by atoms with Crippen LogP contribution < -0.4 is 14.8 Å². The van der Waals surface area contributed by atoms with Crippen molar-refractivity contribution in [3.63, 3.8) is 0 Å². The van der Waals surface area contributed by atoms with Crippen molar-refractivity contribution in [2.45, 2.75) is 59.5 Å². The van der Waals surface area contributed by atoms with Gasteiger partial charge in [0.15, 0.2) is 11.5 Å². The third-order valence-corrected chi connectivity index (χ3v) is 8.65. The first kappa shape index (κ1) is 33.5. The summed E-state index contributed by atoms with van der Waals surface area (Å²) in [4.78, 5) is 26.7. The quantitative estimate of drug-likeness (QED) is 0.169. The molecule has 1 amide bonds. The van der Waals surface area contributed by atoms with E-state index in [1.165, 1.54) is 22.3 Å². The molecule has 1 atom stereocenters. The van der Waals surface area contributed by atoms with Crippen molar-refractivity contribution in [3.05, 3.63) is 137 Å². The molecule has 0 unspecified atom stereocenters. The predicted octanol–water partition coefficient (Wildman–Crippen LogP) is 9.64. The van der Waals surface area contributed by atoms with Gasteiger partial charge in [0.05, 0.1) is 11.5 Å². The van der Waals surface area contributed by atoms with Gasteiger partial charge in [0, 0.05) is 5.69 Å². The fraction of sp³-hybridized carbons (Fsp3) is 0.256. The highest BCUT2D eigenvalue weighted by Crippen LogP contribution is 2.36. The topological polar surface area (TPSA) is 73.9 Å². The van der Waals surface area contributed by atoms with Gasteiger partial charge in [0.2, 0.25) is 5.91 Å². The van der Waals surface area contributed by atoms with Gasteiger partial charge in [-0.15, -0.1) is 0 Å². The van der Waals surface area contributed by atoms with Crippen LogP contribution in [-0.2, 0) is 16.0 Å². The van der Waals surface area contributed by atoms with Crippen LogP contribution in [0.1, 0.15) is 64.9 Å². The van der Waals surface area contributed by atoms with Gasteiger partial charge in [-0.3, -0.25) is 4.79 Å². The molecular weight excluding hydrogens is 610 g/mol. The zero-order valence-electron chi connectivity index (χ0n) is 29.1. The number of hydrogen-bond acceptors (Lipinski definition) is 5. The van der Waals surface area contributed by atoms with E-state index in [2.05, 4.69) is 50.4 Å². The molecule has 5 aromatic carbocycles. The van der Waals surface area contributed by atoms with Gasteiger partial charge >= 0.3 is 5.97 Å². The second-order valence-electron chi connectivity index (χ2n) is 13.8. The van der Waals surface area contributed by atoms with Gasteiger partial charge in [-0.25, -0.2) is 4.79 Å². The molecule has 0 saturated carbocycles. The third-order valence-electron chi connectivity index (χ3n) is 8.65. The molecule has 0 spiro atoms. The Bertz CT molecular complexity index is 1950. The lowest BCUT2D eigenvalue weighted by Gasteiger charge is -2.20. The van der Waals surface area contributed by atoms with Crippen molar-refractivity contribution in [3.8, 4) is 33.8 Å². The Labute approximate surface area is 289 Å². The third kappa shape index (κ3) is 8.03. The Balaban J connectivity index is 1.25. The molecule has 0 saturated heterocycles. The van der Waals surface area contributed by atoms with Gasteiger partial charge in [-0.2, -0.15) is 0 Å². The summed E-state index contributed by atoms with van der Waals surface area (Å²) in [6.07, 6.45) is 0.448. The average Bonchev–Trinajstić information content (AvgIpc) is 3.07. The highest BCUT2D eigenvalue weighted by molar-refractivity contribution is 5.96. The fourth-order valence-electron chi connectivity index (χ4n) is 6.43. The monoisotopic (exact) mass is 653 g/mol. The van der Waals surface area contributed by atoms with E-state index in [0.717, 1.165) is 45.0 Å². The molecule has 5 aromatic rings. The number of aryl methyl sites for hydroxylation is 3. The maximum Gasteiger partial charge on any atom is 0.338 e. The molecule has 49 heavy (non-hydrogen) atoms. The number of carbonyl (C=O) groups excluding carboxylic acids is 2. The number of anilines is 1. The first-order valence-electron chi connectivity index (χ1n) is 16.7. The van der Waals surface area contributed by atoms with Gasteiger partial charge < -0.3 is 19.5 Å². The van der Waals surface area contributed by atoms with Crippen LogP contribution in [-0.4, -0.2) is 30.7 Å². The number of benzene rings is 5. The van der Waals surface area contributed by atoms with Crippen LogP contribution in [0.4, 0.5) is 5.69 Å². The molecule has 250 valence electrons. The van der Waals surface area contributed by atoms with Crippen LogP contribution in [0.15, 0.2) is 103 Å². The number of ether oxygens (including phenoxy) is 3. The standard InChI is InChI=1S/C43H43NO5/c1-27-23-28(2)40(29(3)24-27)33-15-18-36(19-16-33)44-41(45)37(25-30-7-9-34(10-8-30)42(46)49-43(4,5)6)32-13-11-31(12-14-32)35-17-20-38-39(26-35)48-22-21-47-38/h7-20,23-24,26,37H,21-22,25H2,1-6H3,(H,44,45)/t37-/m1/s1. The number of amides is 1. The molecule has 6 nitrogen and oxygen atoms in total. The number of rotatable bonds is 8. The minimum absolute atomic E-state index is 0.112. The molecule has 1 heterocycles. The SMILES string of the molecule is Cc1cc(C)c(-c2ccc(NC(=O)[C@H](Cc3ccc(C(=O)OC(C)(C)C)cc3)c3ccc(-c4ccc5c(c4)OCCO5)cc3)cc2)c(C)c1. The molecule has 6 rings (SSSR count). The summed E-state index contributed by atoms with van der Waals surface area (Å²) in [5, 5.41) is 3.17. The number of hydrogen-bond donors (Lipinski definition) is 1. The molecular formula is C43H43NO5. The van der Waals surface area contributed by atoms with Crippen LogP contribution in [0.3, 0.4) is 0 Å². The second-order valence-corrected chi connectivity index (χ2v) is 13.8. The highest BCUT2D eigenvalue weighted by atomic mass is 16.6.